The van der Waals surface area contributed by atoms with Gasteiger partial charge in [-0.2, -0.15) is 0 Å². The van der Waals surface area contributed by atoms with E-state index < -0.39 is 0 Å². The largest absolute Gasteiger partial charge is 0.356 e. The zero-order valence-electron chi connectivity index (χ0n) is 13.9. The highest BCUT2D eigenvalue weighted by Crippen LogP contribution is 2.39. The van der Waals surface area contributed by atoms with E-state index in [2.05, 4.69) is 15.3 Å². The van der Waals surface area contributed by atoms with Gasteiger partial charge in [-0.25, -0.2) is 4.98 Å². The second-order valence-electron chi connectivity index (χ2n) is 6.23. The first-order chi connectivity index (χ1) is 11.8. The summed E-state index contributed by atoms with van der Waals surface area (Å²) in [6.45, 7) is 0.727. The predicted molar refractivity (Wildman–Crippen MR) is 104 cm³/mol. The maximum atomic E-state index is 11.8. The number of hydrogen-bond donors (Lipinski definition) is 2. The summed E-state index contributed by atoms with van der Waals surface area (Å²) in [7, 11) is 4.01. The molecule has 24 heavy (non-hydrogen) atoms. The second-order valence-corrected chi connectivity index (χ2v) is 9.02. The third-order valence-electron chi connectivity index (χ3n) is 4.26. The van der Waals surface area contributed by atoms with Crippen molar-refractivity contribution in [2.45, 2.75) is 50.2 Å². The fourth-order valence-electron chi connectivity index (χ4n) is 2.92. The number of carbonyl (C=O) groups is 1. The molecule has 3 rings (SSSR count). The van der Waals surface area contributed by atoms with Crippen LogP contribution in [0.25, 0.3) is 11.0 Å². The number of carbonyl (C=O) groups excluding carboxylic acids is 1. The molecule has 0 bridgehead atoms. The van der Waals surface area contributed by atoms with Crippen molar-refractivity contribution in [2.24, 2.45) is 0 Å². The van der Waals surface area contributed by atoms with Crippen molar-refractivity contribution in [3.63, 3.8) is 0 Å². The Balaban J connectivity index is 1.25. The SMILES string of the molecule is O=C(CCCC[C@H]1CCSS1)NCCCc1nc2ccccc2[nH]1. The predicted octanol–water partition coefficient (Wildman–Crippen LogP) is 4.33. The monoisotopic (exact) mass is 363 g/mol. The molecule has 4 nitrogen and oxygen atoms in total. The molecule has 0 aliphatic carbocycles. The van der Waals surface area contributed by atoms with Crippen LogP contribution in [-0.2, 0) is 11.2 Å². The zero-order valence-corrected chi connectivity index (χ0v) is 15.6. The van der Waals surface area contributed by atoms with Gasteiger partial charge in [0.25, 0.3) is 0 Å². The van der Waals surface area contributed by atoms with Gasteiger partial charge in [0.15, 0.2) is 0 Å². The number of aryl methyl sites for hydroxylation is 1. The summed E-state index contributed by atoms with van der Waals surface area (Å²) in [5.41, 5.74) is 2.09. The molecule has 1 aromatic carbocycles. The van der Waals surface area contributed by atoms with Crippen LogP contribution in [-0.4, -0.2) is 33.4 Å². The number of nitrogens with one attached hydrogen (secondary N) is 2. The number of imidazole rings is 1. The Kier molecular flexibility index (Phi) is 6.90. The third kappa shape index (κ3) is 5.45. The molecule has 1 saturated heterocycles. The van der Waals surface area contributed by atoms with Gasteiger partial charge >= 0.3 is 0 Å². The van der Waals surface area contributed by atoms with Crippen molar-refractivity contribution in [3.05, 3.63) is 30.1 Å². The average Bonchev–Trinajstić information content (AvgIpc) is 3.24. The summed E-state index contributed by atoms with van der Waals surface area (Å²) in [6.07, 6.45) is 7.23. The number of H-pyrrole nitrogens is 1. The molecule has 1 aliphatic rings. The molecule has 1 aliphatic heterocycles. The number of benzene rings is 1. The quantitative estimate of drug-likeness (QED) is 0.514. The maximum absolute atomic E-state index is 11.8. The summed E-state index contributed by atoms with van der Waals surface area (Å²) in [5.74, 6) is 2.48. The molecule has 1 fully saturated rings. The smallest absolute Gasteiger partial charge is 0.219 e. The Morgan fingerprint density at radius 1 is 1.29 bits per heavy atom. The first-order valence-electron chi connectivity index (χ1n) is 8.80. The molecular weight excluding hydrogens is 338 g/mol. The molecule has 0 spiro atoms. The number of aromatic nitrogens is 2. The highest BCUT2D eigenvalue weighted by molar-refractivity contribution is 8.77. The normalized spacial score (nSPS) is 17.4. The van der Waals surface area contributed by atoms with E-state index in [1.807, 2.05) is 45.9 Å². The first kappa shape index (κ1) is 17.7. The molecule has 2 aromatic rings. The fourth-order valence-corrected chi connectivity index (χ4v) is 5.95. The van der Waals surface area contributed by atoms with Gasteiger partial charge < -0.3 is 10.3 Å². The van der Waals surface area contributed by atoms with E-state index >= 15 is 0 Å². The van der Waals surface area contributed by atoms with Gasteiger partial charge in [-0.1, -0.05) is 40.1 Å². The van der Waals surface area contributed by atoms with E-state index in [1.165, 1.54) is 25.0 Å². The Morgan fingerprint density at radius 3 is 3.04 bits per heavy atom. The number of rotatable bonds is 9. The molecular formula is C18H25N3OS2. The van der Waals surface area contributed by atoms with Crippen molar-refractivity contribution >= 4 is 38.5 Å². The highest BCUT2D eigenvalue weighted by Gasteiger charge is 2.15. The van der Waals surface area contributed by atoms with Crippen LogP contribution in [0.1, 0.15) is 44.3 Å². The van der Waals surface area contributed by atoms with E-state index in [0.29, 0.717) is 6.42 Å². The summed E-state index contributed by atoms with van der Waals surface area (Å²) in [4.78, 5) is 19.7. The lowest BCUT2D eigenvalue weighted by Gasteiger charge is -2.07. The molecule has 1 amide bonds. The Morgan fingerprint density at radius 2 is 2.21 bits per heavy atom. The molecule has 1 atom stereocenters. The number of nitrogens with zero attached hydrogens (tertiary/aromatic N) is 1. The van der Waals surface area contributed by atoms with Gasteiger partial charge in [0, 0.05) is 30.4 Å². The Bertz CT molecular complexity index is 620. The maximum Gasteiger partial charge on any atom is 0.219 e. The minimum absolute atomic E-state index is 0.188. The molecule has 0 radical (unpaired) electrons. The summed E-state index contributed by atoms with van der Waals surface area (Å²) in [6, 6.07) is 8.06. The lowest BCUT2D eigenvalue weighted by atomic mass is 10.1. The van der Waals surface area contributed by atoms with Gasteiger partial charge in [0.1, 0.15) is 5.82 Å². The van der Waals surface area contributed by atoms with Crippen LogP contribution in [0.4, 0.5) is 0 Å². The molecule has 1 aromatic heterocycles. The van der Waals surface area contributed by atoms with Crippen molar-refractivity contribution in [2.75, 3.05) is 12.3 Å². The van der Waals surface area contributed by atoms with Gasteiger partial charge in [-0.3, -0.25) is 4.79 Å². The van der Waals surface area contributed by atoms with E-state index in [0.717, 1.165) is 47.9 Å². The number of unbranched alkanes of at least 4 members (excludes halogenated alkanes) is 1. The molecule has 2 N–H and O–H groups in total. The van der Waals surface area contributed by atoms with Crippen LogP contribution < -0.4 is 5.32 Å². The Hall–Kier alpha value is -1.14. The summed E-state index contributed by atoms with van der Waals surface area (Å²) < 4.78 is 0. The van der Waals surface area contributed by atoms with Crippen LogP contribution in [0.3, 0.4) is 0 Å². The van der Waals surface area contributed by atoms with E-state index in [4.69, 9.17) is 0 Å². The van der Waals surface area contributed by atoms with Crippen LogP contribution in [0.2, 0.25) is 0 Å². The molecule has 0 saturated carbocycles. The number of para-hydroxylation sites is 2. The average molecular weight is 364 g/mol. The zero-order chi connectivity index (χ0) is 16.6. The van der Waals surface area contributed by atoms with Crippen molar-refractivity contribution in [1.82, 2.24) is 15.3 Å². The molecule has 0 unspecified atom stereocenters. The number of fused-ring (bicyclic) bond motifs is 1. The van der Waals surface area contributed by atoms with Crippen LogP contribution in [0.5, 0.6) is 0 Å². The van der Waals surface area contributed by atoms with Crippen molar-refractivity contribution in [3.8, 4) is 0 Å². The number of hydrogen-bond acceptors (Lipinski definition) is 4. The topological polar surface area (TPSA) is 57.8 Å². The van der Waals surface area contributed by atoms with Crippen molar-refractivity contribution in [1.29, 1.82) is 0 Å². The van der Waals surface area contributed by atoms with Crippen LogP contribution in [0.15, 0.2) is 24.3 Å². The standard InChI is InChI=1S/C18H25N3OS2/c22-18(10-4-1-6-14-11-13-23-24-14)19-12-5-9-17-20-15-7-2-3-8-16(15)21-17/h2-3,7-8,14H,1,4-6,9-13H2,(H,19,22)(H,20,21)/t14-/m0/s1. The Labute approximate surface area is 151 Å². The summed E-state index contributed by atoms with van der Waals surface area (Å²) >= 11 is 0. The van der Waals surface area contributed by atoms with E-state index in [9.17, 15) is 4.79 Å². The van der Waals surface area contributed by atoms with E-state index in [-0.39, 0.29) is 5.91 Å². The minimum Gasteiger partial charge on any atom is -0.356 e. The van der Waals surface area contributed by atoms with Gasteiger partial charge in [0.2, 0.25) is 5.91 Å². The first-order valence-corrected chi connectivity index (χ1v) is 11.2. The number of amides is 1. The van der Waals surface area contributed by atoms with Gasteiger partial charge in [0.05, 0.1) is 11.0 Å². The molecule has 130 valence electrons. The van der Waals surface area contributed by atoms with Gasteiger partial charge in [-0.05, 0) is 37.8 Å². The molecule has 6 heteroatoms. The lowest BCUT2D eigenvalue weighted by Crippen LogP contribution is -2.24. The van der Waals surface area contributed by atoms with Crippen molar-refractivity contribution < 1.29 is 4.79 Å². The third-order valence-corrected chi connectivity index (χ3v) is 7.26. The van der Waals surface area contributed by atoms with E-state index in [1.54, 1.807) is 0 Å². The van der Waals surface area contributed by atoms with Crippen LogP contribution in [0, 0.1) is 0 Å². The van der Waals surface area contributed by atoms with Crippen LogP contribution >= 0.6 is 21.6 Å². The number of aromatic amines is 1. The second kappa shape index (κ2) is 9.37. The lowest BCUT2D eigenvalue weighted by molar-refractivity contribution is -0.121. The minimum atomic E-state index is 0.188. The molecule has 2 heterocycles. The van der Waals surface area contributed by atoms with Gasteiger partial charge in [-0.15, -0.1) is 0 Å². The fraction of sp³-hybridized carbons (Fsp3) is 0.556. The highest BCUT2D eigenvalue weighted by atomic mass is 33.1. The summed E-state index contributed by atoms with van der Waals surface area (Å²) in [5, 5.41) is 3.85.